The number of nitrogens with zero attached hydrogens (tertiary/aromatic N) is 2. The van der Waals surface area contributed by atoms with Gasteiger partial charge in [-0.2, -0.15) is 0 Å². The summed E-state index contributed by atoms with van der Waals surface area (Å²) in [5.74, 6) is -0.275. The van der Waals surface area contributed by atoms with Crippen molar-refractivity contribution in [1.29, 1.82) is 0 Å². The zero-order valence-electron chi connectivity index (χ0n) is 11.7. The molecule has 20 heavy (non-hydrogen) atoms. The first-order chi connectivity index (χ1) is 9.68. The Kier molecular flexibility index (Phi) is 3.46. The summed E-state index contributed by atoms with van der Waals surface area (Å²) in [5, 5.41) is 4.41. The maximum atomic E-state index is 12.0. The number of para-hydroxylation sites is 1. The largest absolute Gasteiger partial charge is 0.368 e. The lowest BCUT2D eigenvalue weighted by Crippen LogP contribution is -2.48. The minimum atomic E-state index is -0.344. The number of nitrogens with two attached hydrogens (primary N) is 1. The van der Waals surface area contributed by atoms with Crippen molar-refractivity contribution in [2.75, 3.05) is 26.2 Å². The molecule has 1 amide bonds. The van der Waals surface area contributed by atoms with Gasteiger partial charge in [0.1, 0.15) is 6.04 Å². The molecule has 1 aromatic carbocycles. The Hall–Kier alpha value is -1.85. The van der Waals surface area contributed by atoms with E-state index in [1.807, 2.05) is 25.4 Å². The van der Waals surface area contributed by atoms with Crippen LogP contribution in [0.1, 0.15) is 11.6 Å². The zero-order chi connectivity index (χ0) is 14.1. The van der Waals surface area contributed by atoms with Crippen LogP contribution in [0.25, 0.3) is 10.9 Å². The normalized spacial score (nSPS) is 18.2. The number of rotatable bonds is 3. The fourth-order valence-electron chi connectivity index (χ4n) is 3.06. The van der Waals surface area contributed by atoms with E-state index >= 15 is 0 Å². The number of carbonyl (C=O) groups excluding carboxylic acids is 1. The molecule has 1 aliphatic heterocycles. The first kappa shape index (κ1) is 13.1. The molecule has 0 radical (unpaired) electrons. The number of fused-ring (bicyclic) bond motifs is 1. The average molecular weight is 272 g/mol. The van der Waals surface area contributed by atoms with Gasteiger partial charge in [-0.05, 0) is 6.07 Å². The van der Waals surface area contributed by atoms with Crippen molar-refractivity contribution in [3.05, 3.63) is 36.0 Å². The molecule has 3 rings (SSSR count). The number of aryl methyl sites for hydroxylation is 1. The van der Waals surface area contributed by atoms with Crippen LogP contribution in [-0.4, -0.2) is 41.6 Å². The Labute approximate surface area is 118 Å². The Bertz CT molecular complexity index is 628. The number of aromatic nitrogens is 1. The van der Waals surface area contributed by atoms with E-state index < -0.39 is 0 Å². The molecule has 3 N–H and O–H groups in total. The summed E-state index contributed by atoms with van der Waals surface area (Å²) >= 11 is 0. The molecule has 0 aliphatic carbocycles. The molecule has 1 aliphatic rings. The number of hydrogen-bond donors (Lipinski definition) is 2. The molecule has 2 aromatic rings. The highest BCUT2D eigenvalue weighted by Crippen LogP contribution is 2.29. The summed E-state index contributed by atoms with van der Waals surface area (Å²) in [4.78, 5) is 14.2. The highest BCUT2D eigenvalue weighted by Gasteiger charge is 2.29. The summed E-state index contributed by atoms with van der Waals surface area (Å²) in [6, 6.07) is 7.79. The van der Waals surface area contributed by atoms with Crippen molar-refractivity contribution in [3.63, 3.8) is 0 Å². The predicted molar refractivity (Wildman–Crippen MR) is 79.3 cm³/mol. The van der Waals surface area contributed by atoms with Gasteiger partial charge in [-0.3, -0.25) is 9.69 Å². The second-order valence-corrected chi connectivity index (χ2v) is 5.30. The minimum absolute atomic E-state index is 0.275. The minimum Gasteiger partial charge on any atom is -0.368 e. The van der Waals surface area contributed by atoms with E-state index in [1.54, 1.807) is 0 Å². The Morgan fingerprint density at radius 3 is 2.70 bits per heavy atom. The van der Waals surface area contributed by atoms with Crippen molar-refractivity contribution in [3.8, 4) is 0 Å². The van der Waals surface area contributed by atoms with Gasteiger partial charge in [0.25, 0.3) is 0 Å². The zero-order valence-corrected chi connectivity index (χ0v) is 11.7. The molecule has 106 valence electrons. The van der Waals surface area contributed by atoms with E-state index in [1.165, 1.54) is 0 Å². The molecule has 5 nitrogen and oxygen atoms in total. The molecule has 0 bridgehead atoms. The first-order valence-corrected chi connectivity index (χ1v) is 6.96. The van der Waals surface area contributed by atoms with Crippen molar-refractivity contribution in [2.24, 2.45) is 12.8 Å². The monoisotopic (exact) mass is 272 g/mol. The highest BCUT2D eigenvalue weighted by molar-refractivity contribution is 5.91. The fourth-order valence-corrected chi connectivity index (χ4v) is 3.06. The van der Waals surface area contributed by atoms with Crippen LogP contribution in [0.4, 0.5) is 0 Å². The molecule has 1 fully saturated rings. The van der Waals surface area contributed by atoms with Gasteiger partial charge in [-0.1, -0.05) is 18.2 Å². The average Bonchev–Trinajstić information content (AvgIpc) is 2.78. The third-order valence-electron chi connectivity index (χ3n) is 4.01. The third kappa shape index (κ3) is 2.19. The topological polar surface area (TPSA) is 63.3 Å². The van der Waals surface area contributed by atoms with Crippen LogP contribution in [0.2, 0.25) is 0 Å². The van der Waals surface area contributed by atoms with Gasteiger partial charge < -0.3 is 15.6 Å². The molecular formula is C15H20N4O. The molecule has 1 saturated heterocycles. The number of carbonyl (C=O) groups is 1. The Morgan fingerprint density at radius 2 is 2.00 bits per heavy atom. The van der Waals surface area contributed by atoms with Crippen LogP contribution in [0.15, 0.2) is 30.5 Å². The second kappa shape index (κ2) is 5.26. The standard InChI is InChI=1S/C15H20N4O/c1-18-10-12(11-4-2-3-5-13(11)18)14(15(16)20)19-8-6-17-7-9-19/h2-5,10,14,17H,6-9H2,1H3,(H2,16,20). The van der Waals surface area contributed by atoms with Crippen LogP contribution in [0.3, 0.4) is 0 Å². The van der Waals surface area contributed by atoms with Crippen molar-refractivity contribution >= 4 is 16.8 Å². The van der Waals surface area contributed by atoms with Gasteiger partial charge in [-0.25, -0.2) is 0 Å². The molecule has 1 atom stereocenters. The molecular weight excluding hydrogens is 252 g/mol. The molecule has 2 heterocycles. The lowest BCUT2D eigenvalue weighted by atomic mass is 10.0. The van der Waals surface area contributed by atoms with Crippen LogP contribution < -0.4 is 11.1 Å². The lowest BCUT2D eigenvalue weighted by molar-refractivity contribution is -0.123. The maximum absolute atomic E-state index is 12.0. The summed E-state index contributed by atoms with van der Waals surface area (Å²) in [5.41, 5.74) is 7.83. The van der Waals surface area contributed by atoms with Crippen LogP contribution in [-0.2, 0) is 11.8 Å². The van der Waals surface area contributed by atoms with Gasteiger partial charge in [0.05, 0.1) is 0 Å². The van der Waals surface area contributed by atoms with Gasteiger partial charge >= 0.3 is 0 Å². The molecule has 5 heteroatoms. The predicted octanol–water partition coefficient (Wildman–Crippen LogP) is 0.610. The second-order valence-electron chi connectivity index (χ2n) is 5.30. The third-order valence-corrected chi connectivity index (χ3v) is 4.01. The van der Waals surface area contributed by atoms with Gasteiger partial charge in [-0.15, -0.1) is 0 Å². The quantitative estimate of drug-likeness (QED) is 0.860. The summed E-state index contributed by atoms with van der Waals surface area (Å²) in [7, 11) is 2.00. The van der Waals surface area contributed by atoms with Crippen molar-refractivity contribution < 1.29 is 4.79 Å². The van der Waals surface area contributed by atoms with E-state index in [0.29, 0.717) is 0 Å². The van der Waals surface area contributed by atoms with Crippen LogP contribution in [0.5, 0.6) is 0 Å². The number of benzene rings is 1. The van der Waals surface area contributed by atoms with Crippen molar-refractivity contribution in [1.82, 2.24) is 14.8 Å². The maximum Gasteiger partial charge on any atom is 0.239 e. The molecule has 0 saturated carbocycles. The molecule has 0 spiro atoms. The smallest absolute Gasteiger partial charge is 0.239 e. The lowest BCUT2D eigenvalue weighted by Gasteiger charge is -2.33. The van der Waals surface area contributed by atoms with E-state index in [4.69, 9.17) is 5.73 Å². The summed E-state index contributed by atoms with van der Waals surface area (Å²) < 4.78 is 2.06. The van der Waals surface area contributed by atoms with E-state index in [9.17, 15) is 4.79 Å². The van der Waals surface area contributed by atoms with Crippen LogP contribution >= 0.6 is 0 Å². The number of piperazine rings is 1. The summed E-state index contributed by atoms with van der Waals surface area (Å²) in [6.45, 7) is 3.48. The van der Waals surface area contributed by atoms with Crippen LogP contribution in [0, 0.1) is 0 Å². The summed E-state index contributed by atoms with van der Waals surface area (Å²) in [6.07, 6.45) is 2.03. The number of amides is 1. The molecule has 1 unspecified atom stereocenters. The van der Waals surface area contributed by atoms with Gasteiger partial charge in [0, 0.05) is 55.9 Å². The Balaban J connectivity index is 2.07. The number of hydrogen-bond acceptors (Lipinski definition) is 3. The molecule has 1 aromatic heterocycles. The Morgan fingerprint density at radius 1 is 1.30 bits per heavy atom. The number of nitrogens with one attached hydrogen (secondary N) is 1. The van der Waals surface area contributed by atoms with E-state index in [-0.39, 0.29) is 11.9 Å². The first-order valence-electron chi connectivity index (χ1n) is 6.96. The highest BCUT2D eigenvalue weighted by atomic mass is 16.1. The van der Waals surface area contributed by atoms with Gasteiger partial charge in [0.2, 0.25) is 5.91 Å². The van der Waals surface area contributed by atoms with E-state index in [0.717, 1.165) is 42.6 Å². The fraction of sp³-hybridized carbons (Fsp3) is 0.400. The SMILES string of the molecule is Cn1cc(C(C(N)=O)N2CCNCC2)c2ccccc21. The van der Waals surface area contributed by atoms with Crippen molar-refractivity contribution in [2.45, 2.75) is 6.04 Å². The van der Waals surface area contributed by atoms with Gasteiger partial charge in [0.15, 0.2) is 0 Å². The van der Waals surface area contributed by atoms with E-state index in [2.05, 4.69) is 26.9 Å². The number of primary amides is 1.